The summed E-state index contributed by atoms with van der Waals surface area (Å²) >= 11 is 1.69. The van der Waals surface area contributed by atoms with Crippen LogP contribution in [0.4, 0.5) is 0 Å². The van der Waals surface area contributed by atoms with Gasteiger partial charge in [-0.1, -0.05) is 43.0 Å². The van der Waals surface area contributed by atoms with E-state index in [1.165, 1.54) is 16.5 Å². The molecule has 0 atom stereocenters. The molecule has 3 nitrogen and oxygen atoms in total. The first kappa shape index (κ1) is 14.2. The Kier molecular flexibility index (Phi) is 4.58. The summed E-state index contributed by atoms with van der Waals surface area (Å²) in [5.74, 6) is 0. The number of aromatic amines is 1. The predicted octanol–water partition coefficient (Wildman–Crippen LogP) is 4.21. The van der Waals surface area contributed by atoms with E-state index < -0.39 is 0 Å². The lowest BCUT2D eigenvalue weighted by Gasteiger charge is -2.07. The number of hydrogen-bond acceptors (Lipinski definition) is 3. The Morgan fingerprint density at radius 3 is 2.95 bits per heavy atom. The molecule has 0 spiro atoms. The lowest BCUT2D eigenvalue weighted by molar-refractivity contribution is 0.665. The highest BCUT2D eigenvalue weighted by molar-refractivity contribution is 7.99. The van der Waals surface area contributed by atoms with Crippen LogP contribution < -0.4 is 5.32 Å². The molecule has 0 saturated carbocycles. The number of pyridine rings is 1. The summed E-state index contributed by atoms with van der Waals surface area (Å²) in [6.45, 7) is 4.08. The van der Waals surface area contributed by atoms with Crippen molar-refractivity contribution in [1.29, 1.82) is 0 Å². The van der Waals surface area contributed by atoms with Crippen molar-refractivity contribution in [1.82, 2.24) is 15.3 Å². The van der Waals surface area contributed by atoms with Gasteiger partial charge in [0.25, 0.3) is 0 Å². The third-order valence-corrected chi connectivity index (χ3v) is 4.30. The van der Waals surface area contributed by atoms with Crippen molar-refractivity contribution in [2.24, 2.45) is 0 Å². The Bertz CT molecular complexity index is 688. The highest BCUT2D eigenvalue weighted by Crippen LogP contribution is 2.30. The Balaban J connectivity index is 1.80. The van der Waals surface area contributed by atoms with E-state index in [4.69, 9.17) is 0 Å². The smallest absolute Gasteiger partial charge is 0.107 e. The molecule has 0 fully saturated rings. The first-order valence-electron chi connectivity index (χ1n) is 7.27. The third kappa shape index (κ3) is 3.46. The SMILES string of the molecule is CCCNCc1cccnc1Sc1cc2ccccc2[nH]1. The summed E-state index contributed by atoms with van der Waals surface area (Å²) in [4.78, 5) is 7.97. The maximum Gasteiger partial charge on any atom is 0.107 e. The molecule has 0 radical (unpaired) electrons. The lowest BCUT2D eigenvalue weighted by atomic mass is 10.3. The minimum Gasteiger partial charge on any atom is -0.349 e. The monoisotopic (exact) mass is 297 g/mol. The fourth-order valence-electron chi connectivity index (χ4n) is 2.26. The van der Waals surface area contributed by atoms with Gasteiger partial charge in [0.15, 0.2) is 0 Å². The van der Waals surface area contributed by atoms with Gasteiger partial charge in [0.1, 0.15) is 5.03 Å². The molecule has 4 heteroatoms. The maximum absolute atomic E-state index is 4.53. The Labute approximate surface area is 129 Å². The fraction of sp³-hybridized carbons (Fsp3) is 0.235. The summed E-state index contributed by atoms with van der Waals surface area (Å²) in [6, 6.07) is 14.6. The molecule has 3 rings (SSSR count). The number of rotatable bonds is 6. The molecule has 2 N–H and O–H groups in total. The average molecular weight is 297 g/mol. The highest BCUT2D eigenvalue weighted by Gasteiger charge is 2.07. The topological polar surface area (TPSA) is 40.7 Å². The Morgan fingerprint density at radius 2 is 2.10 bits per heavy atom. The minimum absolute atomic E-state index is 0.865. The number of para-hydroxylation sites is 1. The van der Waals surface area contributed by atoms with Crippen molar-refractivity contribution in [3.63, 3.8) is 0 Å². The molecule has 2 aromatic heterocycles. The Hall–Kier alpha value is -1.78. The van der Waals surface area contributed by atoms with Gasteiger partial charge < -0.3 is 10.3 Å². The van der Waals surface area contributed by atoms with E-state index in [1.807, 2.05) is 18.3 Å². The molecule has 0 amide bonds. The number of fused-ring (bicyclic) bond motifs is 1. The normalized spacial score (nSPS) is 11.1. The number of benzene rings is 1. The summed E-state index contributed by atoms with van der Waals surface area (Å²) in [6.07, 6.45) is 3.00. The maximum atomic E-state index is 4.53. The van der Waals surface area contributed by atoms with Crippen LogP contribution in [-0.4, -0.2) is 16.5 Å². The highest BCUT2D eigenvalue weighted by atomic mass is 32.2. The first-order chi connectivity index (χ1) is 10.4. The van der Waals surface area contributed by atoms with Gasteiger partial charge in [-0.25, -0.2) is 4.98 Å². The van der Waals surface area contributed by atoms with Gasteiger partial charge in [-0.3, -0.25) is 0 Å². The molecule has 0 bridgehead atoms. The molecule has 1 aromatic carbocycles. The van der Waals surface area contributed by atoms with E-state index in [9.17, 15) is 0 Å². The molecular weight excluding hydrogens is 278 g/mol. The summed E-state index contributed by atoms with van der Waals surface area (Å²) < 4.78 is 0. The van der Waals surface area contributed by atoms with E-state index in [-0.39, 0.29) is 0 Å². The predicted molar refractivity (Wildman–Crippen MR) is 88.7 cm³/mol. The quantitative estimate of drug-likeness (QED) is 0.669. The molecular formula is C17H19N3S. The van der Waals surface area contributed by atoms with Gasteiger partial charge in [0.2, 0.25) is 0 Å². The van der Waals surface area contributed by atoms with Gasteiger partial charge in [0, 0.05) is 23.6 Å². The number of nitrogens with one attached hydrogen (secondary N) is 2. The van der Waals surface area contributed by atoms with Crippen LogP contribution >= 0.6 is 11.8 Å². The number of hydrogen-bond donors (Lipinski definition) is 2. The molecule has 21 heavy (non-hydrogen) atoms. The van der Waals surface area contributed by atoms with Gasteiger partial charge in [-0.05, 0) is 36.7 Å². The minimum atomic E-state index is 0.865. The summed E-state index contributed by atoms with van der Waals surface area (Å²) in [7, 11) is 0. The third-order valence-electron chi connectivity index (χ3n) is 3.30. The van der Waals surface area contributed by atoms with Crippen molar-refractivity contribution in [2.75, 3.05) is 6.54 Å². The van der Waals surface area contributed by atoms with E-state index in [0.717, 1.165) is 29.6 Å². The zero-order valence-corrected chi connectivity index (χ0v) is 12.9. The van der Waals surface area contributed by atoms with Crippen molar-refractivity contribution in [2.45, 2.75) is 29.9 Å². The van der Waals surface area contributed by atoms with Crippen LogP contribution in [0.5, 0.6) is 0 Å². The van der Waals surface area contributed by atoms with E-state index in [2.05, 4.69) is 52.5 Å². The standard InChI is InChI=1S/C17H19N3S/c1-2-9-18-12-14-7-5-10-19-17(14)21-16-11-13-6-3-4-8-15(13)20-16/h3-8,10-11,18,20H,2,9,12H2,1H3. The van der Waals surface area contributed by atoms with Gasteiger partial charge in [-0.15, -0.1) is 0 Å². The molecule has 3 aromatic rings. The van der Waals surface area contributed by atoms with Crippen LogP contribution in [0.1, 0.15) is 18.9 Å². The van der Waals surface area contributed by atoms with Gasteiger partial charge in [-0.2, -0.15) is 0 Å². The zero-order valence-electron chi connectivity index (χ0n) is 12.1. The van der Waals surface area contributed by atoms with Crippen molar-refractivity contribution >= 4 is 22.7 Å². The fourth-order valence-corrected chi connectivity index (χ4v) is 3.20. The zero-order chi connectivity index (χ0) is 14.5. The Morgan fingerprint density at radius 1 is 1.19 bits per heavy atom. The van der Waals surface area contributed by atoms with Gasteiger partial charge in [0.05, 0.1) is 5.03 Å². The van der Waals surface area contributed by atoms with Crippen molar-refractivity contribution < 1.29 is 0 Å². The largest absolute Gasteiger partial charge is 0.349 e. The number of nitrogens with zero attached hydrogens (tertiary/aromatic N) is 1. The van der Waals surface area contributed by atoms with Crippen LogP contribution in [0.25, 0.3) is 10.9 Å². The molecule has 0 saturated heterocycles. The molecule has 0 aliphatic heterocycles. The van der Waals surface area contributed by atoms with Crippen LogP contribution in [0.15, 0.2) is 58.7 Å². The van der Waals surface area contributed by atoms with E-state index >= 15 is 0 Å². The summed E-state index contributed by atoms with van der Waals surface area (Å²) in [5, 5.41) is 6.87. The molecule has 2 heterocycles. The molecule has 108 valence electrons. The second-order valence-corrected chi connectivity index (χ2v) is 6.00. The number of H-pyrrole nitrogens is 1. The molecule has 0 unspecified atom stereocenters. The molecule has 0 aliphatic rings. The van der Waals surface area contributed by atoms with Crippen molar-refractivity contribution in [3.05, 3.63) is 54.2 Å². The lowest BCUT2D eigenvalue weighted by Crippen LogP contribution is -2.14. The van der Waals surface area contributed by atoms with Crippen LogP contribution in [0.3, 0.4) is 0 Å². The van der Waals surface area contributed by atoms with Crippen LogP contribution in [0, 0.1) is 0 Å². The summed E-state index contributed by atoms with van der Waals surface area (Å²) in [5.41, 5.74) is 2.41. The van der Waals surface area contributed by atoms with Crippen LogP contribution in [-0.2, 0) is 6.54 Å². The first-order valence-corrected chi connectivity index (χ1v) is 8.08. The second-order valence-electron chi connectivity index (χ2n) is 4.97. The van der Waals surface area contributed by atoms with E-state index in [0.29, 0.717) is 0 Å². The van der Waals surface area contributed by atoms with Crippen LogP contribution in [0.2, 0.25) is 0 Å². The second kappa shape index (κ2) is 6.78. The van der Waals surface area contributed by atoms with Gasteiger partial charge >= 0.3 is 0 Å². The van der Waals surface area contributed by atoms with Crippen molar-refractivity contribution in [3.8, 4) is 0 Å². The average Bonchev–Trinajstić information content (AvgIpc) is 2.91. The van der Waals surface area contributed by atoms with E-state index in [1.54, 1.807) is 11.8 Å². The molecule has 0 aliphatic carbocycles. The number of aromatic nitrogens is 2.